The summed E-state index contributed by atoms with van der Waals surface area (Å²) in [4.78, 5) is 12.0. The van der Waals surface area contributed by atoms with Gasteiger partial charge in [-0.15, -0.1) is 0 Å². The lowest BCUT2D eigenvalue weighted by molar-refractivity contribution is 0.102. The molecule has 0 unspecified atom stereocenters. The van der Waals surface area contributed by atoms with E-state index in [0.717, 1.165) is 6.07 Å². The van der Waals surface area contributed by atoms with Crippen LogP contribution < -0.4 is 5.32 Å². The number of carbonyl (C=O) groups is 1. The van der Waals surface area contributed by atoms with Crippen LogP contribution in [-0.2, 0) is 0 Å². The van der Waals surface area contributed by atoms with Crippen molar-refractivity contribution in [1.82, 2.24) is 0 Å². The van der Waals surface area contributed by atoms with Crippen LogP contribution in [0.3, 0.4) is 0 Å². The average Bonchev–Trinajstić information content (AvgIpc) is 2.34. The zero-order valence-electron chi connectivity index (χ0n) is 9.89. The predicted molar refractivity (Wildman–Crippen MR) is 81.2 cm³/mol. The Morgan fingerprint density at radius 2 is 1.40 bits per heavy atom. The largest absolute Gasteiger partial charge is 0.508 e. The summed E-state index contributed by atoms with van der Waals surface area (Å²) in [5.41, 5.74) is 0.553. The molecule has 104 valence electrons. The third-order valence-electron chi connectivity index (χ3n) is 2.44. The van der Waals surface area contributed by atoms with Crippen molar-refractivity contribution in [3.05, 3.63) is 44.8 Å². The van der Waals surface area contributed by atoms with Crippen LogP contribution in [0.4, 0.5) is 5.69 Å². The molecule has 0 aliphatic heterocycles. The Kier molecular flexibility index (Phi) is 4.20. The van der Waals surface area contributed by atoms with E-state index in [9.17, 15) is 20.1 Å². The molecule has 0 fully saturated rings. The summed E-state index contributed by atoms with van der Waals surface area (Å²) in [5.74, 6) is -0.884. The number of benzene rings is 2. The number of hydrogen-bond donors (Lipinski definition) is 4. The Bertz CT molecular complexity index is 645. The van der Waals surface area contributed by atoms with E-state index in [2.05, 4.69) is 37.2 Å². The van der Waals surface area contributed by atoms with Gasteiger partial charge in [0.1, 0.15) is 17.2 Å². The smallest absolute Gasteiger partial charge is 0.255 e. The fourth-order valence-electron chi connectivity index (χ4n) is 1.57. The van der Waals surface area contributed by atoms with E-state index in [1.165, 1.54) is 24.3 Å². The van der Waals surface area contributed by atoms with E-state index in [4.69, 9.17) is 0 Å². The van der Waals surface area contributed by atoms with Gasteiger partial charge in [0.2, 0.25) is 0 Å². The molecule has 0 saturated heterocycles. The molecule has 0 atom stereocenters. The van der Waals surface area contributed by atoms with E-state index in [0.29, 0.717) is 14.6 Å². The van der Waals surface area contributed by atoms with Crippen LogP contribution in [0.25, 0.3) is 0 Å². The number of halogens is 2. The molecule has 0 aliphatic rings. The molecule has 0 radical (unpaired) electrons. The van der Waals surface area contributed by atoms with Gasteiger partial charge in [-0.05, 0) is 56.1 Å². The van der Waals surface area contributed by atoms with Gasteiger partial charge < -0.3 is 20.6 Å². The topological polar surface area (TPSA) is 89.8 Å². The maximum absolute atomic E-state index is 12.0. The van der Waals surface area contributed by atoms with Crippen molar-refractivity contribution in [2.24, 2.45) is 0 Å². The highest BCUT2D eigenvalue weighted by atomic mass is 79.9. The van der Waals surface area contributed by atoms with Gasteiger partial charge in [0.25, 0.3) is 5.91 Å². The van der Waals surface area contributed by atoms with Crippen molar-refractivity contribution in [1.29, 1.82) is 0 Å². The Labute approximate surface area is 131 Å². The molecule has 0 spiro atoms. The molecule has 0 aromatic heterocycles. The zero-order valence-corrected chi connectivity index (χ0v) is 13.1. The minimum absolute atomic E-state index is 0.0259. The first kappa shape index (κ1) is 14.7. The number of carbonyl (C=O) groups excluding carboxylic acids is 1. The van der Waals surface area contributed by atoms with E-state index >= 15 is 0 Å². The highest BCUT2D eigenvalue weighted by molar-refractivity contribution is 9.11. The van der Waals surface area contributed by atoms with Gasteiger partial charge in [-0.3, -0.25) is 4.79 Å². The number of anilines is 1. The minimum Gasteiger partial charge on any atom is -0.508 e. The number of phenolic OH excluding ortho intramolecular Hbond substituents is 3. The molecule has 20 heavy (non-hydrogen) atoms. The number of rotatable bonds is 2. The normalized spacial score (nSPS) is 10.3. The second kappa shape index (κ2) is 5.72. The lowest BCUT2D eigenvalue weighted by Crippen LogP contribution is -2.11. The average molecular weight is 403 g/mol. The predicted octanol–water partition coefficient (Wildman–Crippen LogP) is 3.58. The van der Waals surface area contributed by atoms with Gasteiger partial charge in [-0.2, -0.15) is 0 Å². The molecule has 0 saturated carbocycles. The molecule has 0 aliphatic carbocycles. The van der Waals surface area contributed by atoms with Crippen molar-refractivity contribution >= 4 is 43.5 Å². The van der Waals surface area contributed by atoms with Crippen LogP contribution >= 0.6 is 31.9 Å². The standard InChI is InChI=1S/C13H9Br2NO4/c14-10-3-7(4-11(15)12(10)19)16-13(20)6-1-8(17)5-9(18)2-6/h1-5,17-19H,(H,16,20). The first-order chi connectivity index (χ1) is 9.36. The molecule has 2 rings (SSSR count). The van der Waals surface area contributed by atoms with Crippen molar-refractivity contribution in [2.75, 3.05) is 5.32 Å². The number of hydrogen-bond acceptors (Lipinski definition) is 4. The van der Waals surface area contributed by atoms with E-state index in [1.807, 2.05) is 0 Å². The fraction of sp³-hybridized carbons (Fsp3) is 0. The van der Waals surface area contributed by atoms with E-state index < -0.39 is 5.91 Å². The quantitative estimate of drug-likeness (QED) is 0.578. The highest BCUT2D eigenvalue weighted by Crippen LogP contribution is 2.35. The highest BCUT2D eigenvalue weighted by Gasteiger charge is 2.11. The van der Waals surface area contributed by atoms with Gasteiger partial charge in [0.15, 0.2) is 0 Å². The Morgan fingerprint density at radius 1 is 0.900 bits per heavy atom. The summed E-state index contributed by atoms with van der Waals surface area (Å²) in [6.07, 6.45) is 0. The van der Waals surface area contributed by atoms with Gasteiger partial charge in [-0.25, -0.2) is 0 Å². The zero-order chi connectivity index (χ0) is 14.9. The molecule has 4 N–H and O–H groups in total. The van der Waals surface area contributed by atoms with Crippen molar-refractivity contribution in [2.45, 2.75) is 0 Å². The maximum Gasteiger partial charge on any atom is 0.255 e. The molecule has 7 heteroatoms. The third kappa shape index (κ3) is 3.23. The molecule has 5 nitrogen and oxygen atoms in total. The van der Waals surface area contributed by atoms with Crippen molar-refractivity contribution < 1.29 is 20.1 Å². The summed E-state index contributed by atoms with van der Waals surface area (Å²) in [7, 11) is 0. The second-order valence-corrected chi connectivity index (χ2v) is 5.69. The number of aromatic hydroxyl groups is 3. The van der Waals surface area contributed by atoms with Gasteiger partial charge in [0, 0.05) is 17.3 Å². The summed E-state index contributed by atoms with van der Waals surface area (Å²) in [5, 5.41) is 30.9. The van der Waals surface area contributed by atoms with Crippen molar-refractivity contribution in [3.8, 4) is 17.2 Å². The molecule has 0 bridgehead atoms. The van der Waals surface area contributed by atoms with Gasteiger partial charge in [-0.1, -0.05) is 0 Å². The second-order valence-electron chi connectivity index (χ2n) is 3.98. The molecule has 0 heterocycles. The molecule has 1 amide bonds. The van der Waals surface area contributed by atoms with Crippen LogP contribution in [0.2, 0.25) is 0 Å². The lowest BCUT2D eigenvalue weighted by atomic mass is 10.2. The third-order valence-corrected chi connectivity index (χ3v) is 3.65. The SMILES string of the molecule is O=C(Nc1cc(Br)c(O)c(Br)c1)c1cc(O)cc(O)c1. The summed E-state index contributed by atoms with van der Waals surface area (Å²) in [6.45, 7) is 0. The first-order valence-corrected chi connectivity index (χ1v) is 6.98. The van der Waals surface area contributed by atoms with Crippen LogP contribution in [0, 0.1) is 0 Å². The number of phenols is 3. The van der Waals surface area contributed by atoms with E-state index in [-0.39, 0.29) is 22.8 Å². The molecule has 2 aromatic carbocycles. The van der Waals surface area contributed by atoms with E-state index in [1.54, 1.807) is 0 Å². The summed E-state index contributed by atoms with van der Waals surface area (Å²) >= 11 is 6.31. The first-order valence-electron chi connectivity index (χ1n) is 5.39. The number of amides is 1. The molecular weight excluding hydrogens is 394 g/mol. The summed E-state index contributed by atoms with van der Waals surface area (Å²) in [6, 6.07) is 6.66. The van der Waals surface area contributed by atoms with Crippen LogP contribution in [0.1, 0.15) is 10.4 Å². The van der Waals surface area contributed by atoms with Crippen LogP contribution in [0.15, 0.2) is 39.3 Å². The molecular formula is C13H9Br2NO4. The van der Waals surface area contributed by atoms with Crippen LogP contribution in [-0.4, -0.2) is 21.2 Å². The summed E-state index contributed by atoms with van der Waals surface area (Å²) < 4.78 is 0.835. The minimum atomic E-state index is -0.499. The van der Waals surface area contributed by atoms with Crippen molar-refractivity contribution in [3.63, 3.8) is 0 Å². The molecule has 2 aromatic rings. The Hall–Kier alpha value is -1.73. The lowest BCUT2D eigenvalue weighted by Gasteiger charge is -2.09. The monoisotopic (exact) mass is 401 g/mol. The van der Waals surface area contributed by atoms with Crippen LogP contribution in [0.5, 0.6) is 17.2 Å². The number of nitrogens with one attached hydrogen (secondary N) is 1. The Morgan fingerprint density at radius 3 is 1.90 bits per heavy atom. The fourth-order valence-corrected chi connectivity index (χ4v) is 2.75. The maximum atomic E-state index is 12.0. The Balaban J connectivity index is 2.28. The van der Waals surface area contributed by atoms with Gasteiger partial charge >= 0.3 is 0 Å². The van der Waals surface area contributed by atoms with Gasteiger partial charge in [0.05, 0.1) is 8.95 Å².